The molecule has 1 heterocycles. The number of alkyl halides is 2. The zero-order valence-corrected chi connectivity index (χ0v) is 7.98. The van der Waals surface area contributed by atoms with E-state index < -0.39 is 34.4 Å². The van der Waals surface area contributed by atoms with Gasteiger partial charge in [0.2, 0.25) is 0 Å². The average molecular weight is 232 g/mol. The lowest BCUT2D eigenvalue weighted by molar-refractivity contribution is -0.386. The molecule has 0 amide bonds. The third-order valence-corrected chi connectivity index (χ3v) is 1.83. The SMILES string of the molecule is Cc1cc([N+](=O)[O-])c(C(F)F)nc1C(=O)O. The molecule has 1 N–H and O–H groups in total. The average Bonchev–Trinajstić information content (AvgIpc) is 2.15. The molecule has 1 rings (SSSR count). The van der Waals surface area contributed by atoms with Crippen molar-refractivity contribution in [3.63, 3.8) is 0 Å². The summed E-state index contributed by atoms with van der Waals surface area (Å²) in [6.45, 7) is 1.25. The molecule has 0 bridgehead atoms. The van der Waals surface area contributed by atoms with Gasteiger partial charge in [-0.15, -0.1) is 0 Å². The summed E-state index contributed by atoms with van der Waals surface area (Å²) in [4.78, 5) is 23.1. The normalized spacial score (nSPS) is 10.5. The Kier molecular flexibility index (Phi) is 3.11. The van der Waals surface area contributed by atoms with Gasteiger partial charge in [0.15, 0.2) is 11.4 Å². The highest BCUT2D eigenvalue weighted by atomic mass is 19.3. The van der Waals surface area contributed by atoms with Crippen molar-refractivity contribution in [3.05, 3.63) is 33.1 Å². The summed E-state index contributed by atoms with van der Waals surface area (Å²) in [6.07, 6.45) is -3.20. The zero-order valence-electron chi connectivity index (χ0n) is 7.98. The minimum absolute atomic E-state index is 0.0383. The number of halogens is 2. The van der Waals surface area contributed by atoms with E-state index in [0.29, 0.717) is 0 Å². The van der Waals surface area contributed by atoms with Gasteiger partial charge in [-0.25, -0.2) is 18.6 Å². The van der Waals surface area contributed by atoms with Crippen LogP contribution in [0.4, 0.5) is 14.5 Å². The number of carboxylic acid groups (broad SMARTS) is 1. The molecule has 0 radical (unpaired) electrons. The van der Waals surface area contributed by atoms with Gasteiger partial charge in [0, 0.05) is 6.07 Å². The predicted molar refractivity (Wildman–Crippen MR) is 47.5 cm³/mol. The molecule has 0 saturated carbocycles. The molecular weight excluding hydrogens is 226 g/mol. The summed E-state index contributed by atoms with van der Waals surface area (Å²) in [6, 6.07) is 0.776. The summed E-state index contributed by atoms with van der Waals surface area (Å²) in [5.74, 6) is -1.51. The third-order valence-electron chi connectivity index (χ3n) is 1.83. The molecule has 0 atom stereocenters. The molecule has 0 unspecified atom stereocenters. The van der Waals surface area contributed by atoms with E-state index in [4.69, 9.17) is 5.11 Å². The van der Waals surface area contributed by atoms with Gasteiger partial charge in [-0.2, -0.15) is 0 Å². The fourth-order valence-corrected chi connectivity index (χ4v) is 1.14. The molecule has 1 aromatic heterocycles. The highest BCUT2D eigenvalue weighted by Crippen LogP contribution is 2.28. The maximum Gasteiger partial charge on any atom is 0.354 e. The number of rotatable bonds is 3. The molecule has 0 saturated heterocycles. The Labute approximate surface area is 87.7 Å². The Morgan fingerprint density at radius 2 is 2.19 bits per heavy atom. The number of hydrogen-bond acceptors (Lipinski definition) is 4. The summed E-state index contributed by atoms with van der Waals surface area (Å²) < 4.78 is 24.8. The van der Waals surface area contributed by atoms with Crippen LogP contribution >= 0.6 is 0 Å². The van der Waals surface area contributed by atoms with Crippen molar-refractivity contribution in [1.82, 2.24) is 4.98 Å². The van der Waals surface area contributed by atoms with E-state index in [1.54, 1.807) is 0 Å². The van der Waals surface area contributed by atoms with Gasteiger partial charge in [0.05, 0.1) is 4.92 Å². The van der Waals surface area contributed by atoms with E-state index in [9.17, 15) is 23.7 Å². The van der Waals surface area contributed by atoms with Crippen LogP contribution in [-0.4, -0.2) is 21.0 Å². The number of aryl methyl sites for hydroxylation is 1. The van der Waals surface area contributed by atoms with E-state index in [2.05, 4.69) is 4.98 Å². The predicted octanol–water partition coefficient (Wildman–Crippen LogP) is 1.93. The standard InChI is InChI=1S/C8H6F2N2O4/c1-3-2-4(12(15)16)6(7(9)10)11-5(3)8(13)14/h2,7H,1H3,(H,13,14). The molecule has 86 valence electrons. The highest BCUT2D eigenvalue weighted by Gasteiger charge is 2.27. The first kappa shape index (κ1) is 12.0. The lowest BCUT2D eigenvalue weighted by Crippen LogP contribution is -2.09. The number of nitro groups is 1. The van der Waals surface area contributed by atoms with Gasteiger partial charge >= 0.3 is 5.97 Å². The highest BCUT2D eigenvalue weighted by molar-refractivity contribution is 5.87. The number of aromatic nitrogens is 1. The molecule has 0 spiro atoms. The lowest BCUT2D eigenvalue weighted by atomic mass is 10.1. The second kappa shape index (κ2) is 4.17. The number of carbonyl (C=O) groups is 1. The van der Waals surface area contributed by atoms with Crippen LogP contribution in [-0.2, 0) is 0 Å². The van der Waals surface area contributed by atoms with Crippen LogP contribution in [0.25, 0.3) is 0 Å². The fourth-order valence-electron chi connectivity index (χ4n) is 1.14. The van der Waals surface area contributed by atoms with Crippen molar-refractivity contribution >= 4 is 11.7 Å². The Morgan fingerprint density at radius 3 is 2.56 bits per heavy atom. The topological polar surface area (TPSA) is 93.3 Å². The number of nitrogens with zero attached hydrogens (tertiary/aromatic N) is 2. The van der Waals surface area contributed by atoms with Crippen LogP contribution in [0.15, 0.2) is 6.07 Å². The molecule has 0 aliphatic rings. The van der Waals surface area contributed by atoms with E-state index >= 15 is 0 Å². The van der Waals surface area contributed by atoms with Gasteiger partial charge < -0.3 is 5.11 Å². The van der Waals surface area contributed by atoms with Crippen LogP contribution < -0.4 is 0 Å². The van der Waals surface area contributed by atoms with Crippen molar-refractivity contribution in [2.24, 2.45) is 0 Å². The molecule has 0 aromatic carbocycles. The van der Waals surface area contributed by atoms with E-state index in [1.807, 2.05) is 0 Å². The fraction of sp³-hybridized carbons (Fsp3) is 0.250. The molecular formula is C8H6F2N2O4. The first-order valence-corrected chi connectivity index (χ1v) is 4.02. The Morgan fingerprint density at radius 1 is 1.62 bits per heavy atom. The summed E-state index contributed by atoms with van der Waals surface area (Å²) in [5.41, 5.74) is -2.66. The number of aromatic carboxylic acids is 1. The quantitative estimate of drug-likeness (QED) is 0.634. The van der Waals surface area contributed by atoms with Crippen LogP contribution in [0.5, 0.6) is 0 Å². The van der Waals surface area contributed by atoms with Crippen LogP contribution in [0, 0.1) is 17.0 Å². The first-order chi connectivity index (χ1) is 7.34. The summed E-state index contributed by atoms with van der Waals surface area (Å²) in [5, 5.41) is 19.1. The van der Waals surface area contributed by atoms with Crippen molar-refractivity contribution in [1.29, 1.82) is 0 Å². The molecule has 6 nitrogen and oxygen atoms in total. The molecule has 1 aromatic rings. The van der Waals surface area contributed by atoms with Crippen LogP contribution in [0.2, 0.25) is 0 Å². The Hall–Kier alpha value is -2.12. The number of hydrogen-bond donors (Lipinski definition) is 1. The van der Waals surface area contributed by atoms with Crippen LogP contribution in [0.1, 0.15) is 28.2 Å². The van der Waals surface area contributed by atoms with Crippen molar-refractivity contribution in [2.45, 2.75) is 13.3 Å². The minimum Gasteiger partial charge on any atom is -0.477 e. The first-order valence-electron chi connectivity index (χ1n) is 4.02. The van der Waals surface area contributed by atoms with Crippen molar-refractivity contribution in [2.75, 3.05) is 0 Å². The molecule has 16 heavy (non-hydrogen) atoms. The summed E-state index contributed by atoms with van der Waals surface area (Å²) >= 11 is 0. The second-order valence-corrected chi connectivity index (χ2v) is 2.92. The zero-order chi connectivity index (χ0) is 12.5. The monoisotopic (exact) mass is 232 g/mol. The van der Waals surface area contributed by atoms with Gasteiger partial charge in [-0.05, 0) is 12.5 Å². The summed E-state index contributed by atoms with van der Waals surface area (Å²) in [7, 11) is 0. The Bertz CT molecular complexity index is 462. The van der Waals surface area contributed by atoms with E-state index in [-0.39, 0.29) is 5.56 Å². The minimum atomic E-state index is -3.20. The van der Waals surface area contributed by atoms with Gasteiger partial charge in [0.1, 0.15) is 0 Å². The van der Waals surface area contributed by atoms with E-state index in [1.165, 1.54) is 6.92 Å². The van der Waals surface area contributed by atoms with Crippen molar-refractivity contribution in [3.8, 4) is 0 Å². The number of pyridine rings is 1. The van der Waals surface area contributed by atoms with E-state index in [0.717, 1.165) is 6.07 Å². The number of carboxylic acids is 1. The third kappa shape index (κ3) is 2.10. The van der Waals surface area contributed by atoms with Gasteiger partial charge in [0.25, 0.3) is 12.1 Å². The molecule has 0 aliphatic heterocycles. The maximum absolute atomic E-state index is 12.4. The van der Waals surface area contributed by atoms with Gasteiger partial charge in [-0.3, -0.25) is 10.1 Å². The smallest absolute Gasteiger partial charge is 0.354 e. The van der Waals surface area contributed by atoms with Gasteiger partial charge in [-0.1, -0.05) is 0 Å². The second-order valence-electron chi connectivity index (χ2n) is 2.92. The van der Waals surface area contributed by atoms with Crippen molar-refractivity contribution < 1.29 is 23.6 Å². The maximum atomic E-state index is 12.4. The lowest BCUT2D eigenvalue weighted by Gasteiger charge is -2.04. The largest absolute Gasteiger partial charge is 0.477 e. The Balaban J connectivity index is 3.49. The van der Waals surface area contributed by atoms with Crippen LogP contribution in [0.3, 0.4) is 0 Å². The molecule has 0 aliphatic carbocycles. The molecule has 0 fully saturated rings. The molecule has 8 heteroatoms.